The lowest BCUT2D eigenvalue weighted by atomic mass is 9.88. The predicted octanol–water partition coefficient (Wildman–Crippen LogP) is 2.64. The first-order chi connectivity index (χ1) is 8.88. The van der Waals surface area contributed by atoms with E-state index >= 15 is 0 Å². The summed E-state index contributed by atoms with van der Waals surface area (Å²) in [6, 6.07) is 1.76. The average molecular weight is 248 g/mol. The van der Waals surface area contributed by atoms with Gasteiger partial charge in [0.05, 0.1) is 0 Å². The molecular weight excluding hydrogens is 220 g/mol. The largest absolute Gasteiger partial charge is 0.314 e. The summed E-state index contributed by atoms with van der Waals surface area (Å²) in [7, 11) is 0. The zero-order chi connectivity index (χ0) is 11.9. The van der Waals surface area contributed by atoms with Gasteiger partial charge in [0, 0.05) is 12.1 Å². The van der Waals surface area contributed by atoms with Crippen molar-refractivity contribution in [3.63, 3.8) is 0 Å². The molecule has 0 amide bonds. The standard InChI is InChI=1S/C16H28N2/c1-2-16-10-15(5-7-18(16)6-1)17-11-14-9-12-3-4-13(14)8-12/h12-17H,1-11H2. The van der Waals surface area contributed by atoms with Crippen molar-refractivity contribution in [2.24, 2.45) is 17.8 Å². The molecule has 2 heterocycles. The Morgan fingerprint density at radius 3 is 2.78 bits per heavy atom. The molecule has 18 heavy (non-hydrogen) atoms. The Hall–Kier alpha value is -0.0800. The molecule has 4 fully saturated rings. The van der Waals surface area contributed by atoms with Crippen LogP contribution in [0.15, 0.2) is 0 Å². The minimum absolute atomic E-state index is 0.837. The summed E-state index contributed by atoms with van der Waals surface area (Å²) in [6.07, 6.45) is 11.9. The van der Waals surface area contributed by atoms with Crippen molar-refractivity contribution in [2.45, 2.75) is 63.5 Å². The molecular formula is C16H28N2. The van der Waals surface area contributed by atoms with Crippen LogP contribution < -0.4 is 5.32 Å². The summed E-state index contributed by atoms with van der Waals surface area (Å²) in [5.74, 6) is 3.23. The van der Waals surface area contributed by atoms with E-state index in [1.165, 1.54) is 51.7 Å². The Balaban J connectivity index is 1.26. The lowest BCUT2D eigenvalue weighted by molar-refractivity contribution is 0.161. The van der Waals surface area contributed by atoms with Crippen LogP contribution in [-0.2, 0) is 0 Å². The number of hydrogen-bond donors (Lipinski definition) is 1. The molecule has 0 radical (unpaired) electrons. The van der Waals surface area contributed by atoms with E-state index in [0.29, 0.717) is 0 Å². The van der Waals surface area contributed by atoms with Gasteiger partial charge in [-0.3, -0.25) is 0 Å². The molecule has 2 aliphatic carbocycles. The Morgan fingerprint density at radius 1 is 0.944 bits per heavy atom. The third-order valence-corrected chi connectivity index (χ3v) is 6.37. The first-order valence-corrected chi connectivity index (χ1v) is 8.36. The van der Waals surface area contributed by atoms with E-state index in [0.717, 1.165) is 29.8 Å². The lowest BCUT2D eigenvalue weighted by Crippen LogP contribution is -2.47. The highest BCUT2D eigenvalue weighted by Crippen LogP contribution is 2.48. The van der Waals surface area contributed by atoms with E-state index < -0.39 is 0 Å². The number of fused-ring (bicyclic) bond motifs is 3. The second kappa shape index (κ2) is 4.79. The quantitative estimate of drug-likeness (QED) is 0.826. The minimum atomic E-state index is 0.837. The van der Waals surface area contributed by atoms with Crippen LogP contribution in [0.5, 0.6) is 0 Å². The highest BCUT2D eigenvalue weighted by molar-refractivity contribution is 4.93. The third kappa shape index (κ3) is 2.12. The molecule has 2 nitrogen and oxygen atoms in total. The van der Waals surface area contributed by atoms with Crippen LogP contribution in [0.3, 0.4) is 0 Å². The second-order valence-corrected chi connectivity index (χ2v) is 7.40. The normalized spacial score (nSPS) is 47.7. The lowest BCUT2D eigenvalue weighted by Gasteiger charge is -2.36. The van der Waals surface area contributed by atoms with Crippen molar-refractivity contribution in [1.82, 2.24) is 10.2 Å². The molecule has 4 rings (SSSR count). The van der Waals surface area contributed by atoms with Gasteiger partial charge in [-0.05, 0) is 82.3 Å². The van der Waals surface area contributed by atoms with Crippen molar-refractivity contribution in [3.8, 4) is 0 Å². The summed E-state index contributed by atoms with van der Waals surface area (Å²) in [5, 5.41) is 3.93. The van der Waals surface area contributed by atoms with Gasteiger partial charge in [-0.1, -0.05) is 6.42 Å². The molecule has 0 aromatic rings. The van der Waals surface area contributed by atoms with Gasteiger partial charge in [-0.25, -0.2) is 0 Å². The highest BCUT2D eigenvalue weighted by Gasteiger charge is 2.39. The molecule has 4 aliphatic rings. The van der Waals surface area contributed by atoms with Crippen LogP contribution >= 0.6 is 0 Å². The van der Waals surface area contributed by atoms with E-state index in [2.05, 4.69) is 10.2 Å². The van der Waals surface area contributed by atoms with Gasteiger partial charge in [0.2, 0.25) is 0 Å². The van der Waals surface area contributed by atoms with Crippen LogP contribution in [0.25, 0.3) is 0 Å². The van der Waals surface area contributed by atoms with E-state index in [1.54, 1.807) is 19.3 Å². The molecule has 0 aromatic carbocycles. The van der Waals surface area contributed by atoms with Crippen molar-refractivity contribution in [1.29, 1.82) is 0 Å². The Bertz CT molecular complexity index is 303. The maximum Gasteiger partial charge on any atom is 0.0111 e. The fourth-order valence-electron chi connectivity index (χ4n) is 5.35. The molecule has 2 bridgehead atoms. The summed E-state index contributed by atoms with van der Waals surface area (Å²) in [4.78, 5) is 2.73. The zero-order valence-electron chi connectivity index (χ0n) is 11.6. The van der Waals surface area contributed by atoms with Gasteiger partial charge in [-0.15, -0.1) is 0 Å². The smallest absolute Gasteiger partial charge is 0.0111 e. The molecule has 2 heteroatoms. The third-order valence-electron chi connectivity index (χ3n) is 6.37. The summed E-state index contributed by atoms with van der Waals surface area (Å²) >= 11 is 0. The molecule has 2 saturated heterocycles. The monoisotopic (exact) mass is 248 g/mol. The number of nitrogens with zero attached hydrogens (tertiary/aromatic N) is 1. The van der Waals surface area contributed by atoms with Gasteiger partial charge in [0.25, 0.3) is 0 Å². The van der Waals surface area contributed by atoms with E-state index in [1.807, 2.05) is 0 Å². The number of piperidine rings is 1. The molecule has 0 aromatic heterocycles. The molecule has 5 atom stereocenters. The molecule has 2 aliphatic heterocycles. The second-order valence-electron chi connectivity index (χ2n) is 7.40. The van der Waals surface area contributed by atoms with Crippen LogP contribution in [0.1, 0.15) is 51.4 Å². The Kier molecular flexibility index (Phi) is 3.12. The fourth-order valence-corrected chi connectivity index (χ4v) is 5.35. The number of rotatable bonds is 3. The van der Waals surface area contributed by atoms with Gasteiger partial charge in [-0.2, -0.15) is 0 Å². The van der Waals surface area contributed by atoms with Gasteiger partial charge in [0.15, 0.2) is 0 Å². The van der Waals surface area contributed by atoms with Crippen molar-refractivity contribution < 1.29 is 0 Å². The summed E-state index contributed by atoms with van der Waals surface area (Å²) in [6.45, 7) is 4.07. The van der Waals surface area contributed by atoms with Crippen LogP contribution in [0.2, 0.25) is 0 Å². The molecule has 102 valence electrons. The SMILES string of the molecule is C1CC2CC(NCC3CC4CCC3C4)CCN2C1. The van der Waals surface area contributed by atoms with E-state index in [-0.39, 0.29) is 0 Å². The van der Waals surface area contributed by atoms with Crippen LogP contribution in [0.4, 0.5) is 0 Å². The van der Waals surface area contributed by atoms with Crippen molar-refractivity contribution >= 4 is 0 Å². The molecule has 5 unspecified atom stereocenters. The summed E-state index contributed by atoms with van der Waals surface area (Å²) < 4.78 is 0. The average Bonchev–Trinajstić information content (AvgIpc) is 3.11. The fraction of sp³-hybridized carbons (Fsp3) is 1.00. The highest BCUT2D eigenvalue weighted by atomic mass is 15.2. The predicted molar refractivity (Wildman–Crippen MR) is 74.6 cm³/mol. The van der Waals surface area contributed by atoms with E-state index in [4.69, 9.17) is 0 Å². The van der Waals surface area contributed by atoms with Crippen LogP contribution in [-0.4, -0.2) is 36.6 Å². The number of hydrogen-bond acceptors (Lipinski definition) is 2. The first-order valence-electron chi connectivity index (χ1n) is 8.36. The van der Waals surface area contributed by atoms with E-state index in [9.17, 15) is 0 Å². The molecule has 1 N–H and O–H groups in total. The molecule has 0 spiro atoms. The van der Waals surface area contributed by atoms with Crippen molar-refractivity contribution in [2.75, 3.05) is 19.6 Å². The van der Waals surface area contributed by atoms with Gasteiger partial charge < -0.3 is 10.2 Å². The Morgan fingerprint density at radius 2 is 1.94 bits per heavy atom. The van der Waals surface area contributed by atoms with Gasteiger partial charge >= 0.3 is 0 Å². The maximum absolute atomic E-state index is 3.93. The van der Waals surface area contributed by atoms with Crippen LogP contribution in [0, 0.1) is 17.8 Å². The van der Waals surface area contributed by atoms with Gasteiger partial charge in [0.1, 0.15) is 0 Å². The zero-order valence-corrected chi connectivity index (χ0v) is 11.6. The van der Waals surface area contributed by atoms with Crippen molar-refractivity contribution in [3.05, 3.63) is 0 Å². The summed E-state index contributed by atoms with van der Waals surface area (Å²) in [5.41, 5.74) is 0. The maximum atomic E-state index is 3.93. The first kappa shape index (κ1) is 11.7. The topological polar surface area (TPSA) is 15.3 Å². The Labute approximate surface area is 111 Å². The molecule has 2 saturated carbocycles. The number of nitrogens with one attached hydrogen (secondary N) is 1. The minimum Gasteiger partial charge on any atom is -0.314 e.